The molecule has 0 aliphatic heterocycles. The molecule has 21 heavy (non-hydrogen) atoms. The second-order valence-electron chi connectivity index (χ2n) is 4.26. The summed E-state index contributed by atoms with van der Waals surface area (Å²) >= 11 is 4.70. The standard InChI is InChI=1S/C14H11BrN2O3S/c1-19-10-4-2-9(3-5-10)6-20-17-8-16-12-11(15)7-21-13(12)14(17)18/h2-5,7-8H,6H2,1H3. The Morgan fingerprint density at radius 1 is 1.33 bits per heavy atom. The van der Waals surface area contributed by atoms with Crippen LogP contribution in [0.2, 0.25) is 0 Å². The number of ether oxygens (including phenoxy) is 1. The van der Waals surface area contributed by atoms with Gasteiger partial charge in [-0.2, -0.15) is 0 Å². The lowest BCUT2D eigenvalue weighted by Gasteiger charge is -2.08. The van der Waals surface area contributed by atoms with Crippen molar-refractivity contribution in [3.63, 3.8) is 0 Å². The molecule has 0 radical (unpaired) electrons. The number of thiophene rings is 1. The van der Waals surface area contributed by atoms with E-state index in [4.69, 9.17) is 9.57 Å². The van der Waals surface area contributed by atoms with Crippen LogP contribution in [0, 0.1) is 0 Å². The molecule has 7 heteroatoms. The van der Waals surface area contributed by atoms with Crippen molar-refractivity contribution >= 4 is 37.5 Å². The van der Waals surface area contributed by atoms with Gasteiger partial charge in [0.25, 0.3) is 0 Å². The number of rotatable bonds is 4. The fourth-order valence-electron chi connectivity index (χ4n) is 1.82. The Hall–Kier alpha value is -1.86. The van der Waals surface area contributed by atoms with E-state index in [2.05, 4.69) is 20.9 Å². The van der Waals surface area contributed by atoms with Crippen molar-refractivity contribution in [2.45, 2.75) is 6.61 Å². The lowest BCUT2D eigenvalue weighted by molar-refractivity contribution is 0.0881. The molecule has 2 aromatic heterocycles. The molecule has 0 aliphatic carbocycles. The van der Waals surface area contributed by atoms with Crippen molar-refractivity contribution in [1.82, 2.24) is 9.71 Å². The highest BCUT2D eigenvalue weighted by molar-refractivity contribution is 9.10. The normalized spacial score (nSPS) is 10.8. The van der Waals surface area contributed by atoms with Gasteiger partial charge in [-0.3, -0.25) is 4.79 Å². The third-order valence-electron chi connectivity index (χ3n) is 2.94. The van der Waals surface area contributed by atoms with Crippen LogP contribution in [0.15, 0.2) is 45.2 Å². The second-order valence-corrected chi connectivity index (χ2v) is 5.99. The summed E-state index contributed by atoms with van der Waals surface area (Å²) in [6.07, 6.45) is 1.39. The van der Waals surface area contributed by atoms with E-state index in [0.717, 1.165) is 20.5 Å². The predicted molar refractivity (Wildman–Crippen MR) is 84.9 cm³/mol. The number of methoxy groups -OCH3 is 1. The highest BCUT2D eigenvalue weighted by Crippen LogP contribution is 2.25. The summed E-state index contributed by atoms with van der Waals surface area (Å²) in [6, 6.07) is 7.47. The van der Waals surface area contributed by atoms with Gasteiger partial charge < -0.3 is 9.57 Å². The quantitative estimate of drug-likeness (QED) is 0.712. The summed E-state index contributed by atoms with van der Waals surface area (Å²) in [6.45, 7) is 0.281. The van der Waals surface area contributed by atoms with Crippen LogP contribution in [0.5, 0.6) is 5.75 Å². The van der Waals surface area contributed by atoms with Crippen molar-refractivity contribution in [2.75, 3.05) is 7.11 Å². The van der Waals surface area contributed by atoms with Crippen LogP contribution in [0.25, 0.3) is 10.2 Å². The lowest BCUT2D eigenvalue weighted by atomic mass is 10.2. The summed E-state index contributed by atoms with van der Waals surface area (Å²) in [7, 11) is 1.62. The van der Waals surface area contributed by atoms with Crippen LogP contribution >= 0.6 is 27.3 Å². The number of hydrogen-bond acceptors (Lipinski definition) is 5. The van der Waals surface area contributed by atoms with E-state index < -0.39 is 0 Å². The highest BCUT2D eigenvalue weighted by atomic mass is 79.9. The van der Waals surface area contributed by atoms with Crippen molar-refractivity contribution in [1.29, 1.82) is 0 Å². The number of nitrogens with zero attached hydrogens (tertiary/aromatic N) is 2. The summed E-state index contributed by atoms with van der Waals surface area (Å²) in [5.74, 6) is 0.780. The van der Waals surface area contributed by atoms with Crippen molar-refractivity contribution in [3.8, 4) is 5.75 Å². The first-order chi connectivity index (χ1) is 10.2. The van der Waals surface area contributed by atoms with Gasteiger partial charge in [-0.25, -0.2) is 4.98 Å². The van der Waals surface area contributed by atoms with E-state index >= 15 is 0 Å². The minimum Gasteiger partial charge on any atom is -0.497 e. The number of hydrogen-bond donors (Lipinski definition) is 0. The predicted octanol–water partition coefficient (Wildman–Crippen LogP) is 2.86. The Kier molecular flexibility index (Phi) is 3.94. The van der Waals surface area contributed by atoms with Crippen molar-refractivity contribution in [3.05, 3.63) is 56.4 Å². The Balaban J connectivity index is 1.81. The SMILES string of the molecule is COc1ccc(COn2cnc3c(Br)csc3c2=O)cc1. The first-order valence-corrected chi connectivity index (χ1v) is 7.77. The van der Waals surface area contributed by atoms with E-state index in [9.17, 15) is 4.79 Å². The van der Waals surface area contributed by atoms with E-state index in [-0.39, 0.29) is 12.2 Å². The van der Waals surface area contributed by atoms with Crippen molar-refractivity contribution in [2.24, 2.45) is 0 Å². The Bertz CT molecular complexity index is 826. The summed E-state index contributed by atoms with van der Waals surface area (Å²) in [4.78, 5) is 22.0. The summed E-state index contributed by atoms with van der Waals surface area (Å²) in [5, 5.41) is 1.84. The van der Waals surface area contributed by atoms with Crippen LogP contribution < -0.4 is 15.1 Å². The molecule has 3 rings (SSSR count). The molecule has 0 amide bonds. The zero-order valence-corrected chi connectivity index (χ0v) is 13.5. The monoisotopic (exact) mass is 366 g/mol. The third kappa shape index (κ3) is 2.79. The van der Waals surface area contributed by atoms with E-state index in [0.29, 0.717) is 10.2 Å². The molecule has 0 unspecified atom stereocenters. The van der Waals surface area contributed by atoms with Crippen LogP contribution in [-0.2, 0) is 6.61 Å². The van der Waals surface area contributed by atoms with Crippen molar-refractivity contribution < 1.29 is 9.57 Å². The number of fused-ring (bicyclic) bond motifs is 1. The molecule has 0 saturated heterocycles. The van der Waals surface area contributed by atoms with Gasteiger partial charge in [-0.15, -0.1) is 16.1 Å². The molecule has 0 spiro atoms. The topological polar surface area (TPSA) is 53.4 Å². The van der Waals surface area contributed by atoms with Gasteiger partial charge in [0.2, 0.25) is 0 Å². The highest BCUT2D eigenvalue weighted by Gasteiger charge is 2.09. The van der Waals surface area contributed by atoms with Crippen LogP contribution in [0.4, 0.5) is 0 Å². The molecule has 0 fully saturated rings. The molecule has 1 aromatic carbocycles. The molecule has 0 aliphatic rings. The largest absolute Gasteiger partial charge is 0.497 e. The molecule has 3 aromatic rings. The lowest BCUT2D eigenvalue weighted by Crippen LogP contribution is -2.26. The van der Waals surface area contributed by atoms with Crippen LogP contribution in [-0.4, -0.2) is 16.8 Å². The average molecular weight is 367 g/mol. The summed E-state index contributed by atoms with van der Waals surface area (Å²) in [5.41, 5.74) is 1.40. The van der Waals surface area contributed by atoms with E-state index in [1.807, 2.05) is 29.6 Å². The molecule has 0 saturated carbocycles. The maximum absolute atomic E-state index is 12.2. The van der Waals surface area contributed by atoms with Crippen LogP contribution in [0.3, 0.4) is 0 Å². The van der Waals surface area contributed by atoms with Gasteiger partial charge in [0, 0.05) is 5.38 Å². The Labute approximate surface area is 132 Å². The second kappa shape index (κ2) is 5.87. The van der Waals surface area contributed by atoms with Gasteiger partial charge in [0.15, 0.2) is 0 Å². The number of halogens is 1. The Morgan fingerprint density at radius 3 is 2.81 bits per heavy atom. The first kappa shape index (κ1) is 14.1. The van der Waals surface area contributed by atoms with Gasteiger partial charge in [-0.05, 0) is 33.6 Å². The molecular formula is C14H11BrN2O3S. The molecule has 108 valence electrons. The fraction of sp³-hybridized carbons (Fsp3) is 0.143. The number of benzene rings is 1. The molecule has 0 N–H and O–H groups in total. The summed E-state index contributed by atoms with van der Waals surface area (Å²) < 4.78 is 7.64. The number of aromatic nitrogens is 2. The molecular weight excluding hydrogens is 356 g/mol. The van der Waals surface area contributed by atoms with E-state index in [1.54, 1.807) is 7.11 Å². The maximum atomic E-state index is 12.2. The fourth-order valence-corrected chi connectivity index (χ4v) is 3.33. The van der Waals surface area contributed by atoms with Gasteiger partial charge in [0.05, 0.1) is 11.6 Å². The smallest absolute Gasteiger partial charge is 0.304 e. The first-order valence-electron chi connectivity index (χ1n) is 6.09. The minimum absolute atomic E-state index is 0.204. The van der Waals surface area contributed by atoms with E-state index in [1.165, 1.54) is 17.7 Å². The van der Waals surface area contributed by atoms with Gasteiger partial charge in [-0.1, -0.05) is 12.1 Å². The van der Waals surface area contributed by atoms with Crippen LogP contribution in [0.1, 0.15) is 5.56 Å². The molecule has 2 heterocycles. The molecule has 0 bridgehead atoms. The molecule has 0 atom stereocenters. The maximum Gasteiger partial charge on any atom is 0.304 e. The zero-order chi connectivity index (χ0) is 14.8. The van der Waals surface area contributed by atoms with Gasteiger partial charge in [0.1, 0.15) is 28.9 Å². The average Bonchev–Trinajstić information content (AvgIpc) is 2.89. The Morgan fingerprint density at radius 2 is 2.10 bits per heavy atom. The van der Waals surface area contributed by atoms with Gasteiger partial charge >= 0.3 is 5.56 Å². The third-order valence-corrected chi connectivity index (χ3v) is 4.80. The zero-order valence-electron chi connectivity index (χ0n) is 11.1. The minimum atomic E-state index is -0.204. The molecule has 5 nitrogen and oxygen atoms in total.